The third kappa shape index (κ3) is 9.18. The minimum atomic E-state index is -1.64. The Bertz CT molecular complexity index is 343. The molecule has 7 heteroatoms. The molecule has 0 amide bonds. The van der Waals surface area contributed by atoms with Crippen LogP contribution in [0.1, 0.15) is 48.0 Å². The van der Waals surface area contributed by atoms with Crippen molar-refractivity contribution in [3.63, 3.8) is 0 Å². The van der Waals surface area contributed by atoms with E-state index >= 15 is 0 Å². The van der Waals surface area contributed by atoms with Crippen molar-refractivity contribution in [1.82, 2.24) is 0 Å². The van der Waals surface area contributed by atoms with Gasteiger partial charge < -0.3 is 19.3 Å². The summed E-state index contributed by atoms with van der Waals surface area (Å²) in [5.74, 6) is -2.21. The van der Waals surface area contributed by atoms with E-state index in [0.717, 1.165) is 0 Å². The fourth-order valence-electron chi connectivity index (χ4n) is 1.10. The first kappa shape index (κ1) is 18.2. The van der Waals surface area contributed by atoms with Gasteiger partial charge in [-0.3, -0.25) is 4.79 Å². The van der Waals surface area contributed by atoms with Crippen molar-refractivity contribution in [3.8, 4) is 0 Å². The Balaban J connectivity index is 4.56. The largest absolute Gasteiger partial charge is 0.509 e. The fraction of sp³-hybridized carbons (Fsp3) is 0.769. The Morgan fingerprint density at radius 2 is 1.40 bits per heavy atom. The maximum Gasteiger partial charge on any atom is 0.509 e. The van der Waals surface area contributed by atoms with Crippen molar-refractivity contribution < 1.29 is 33.7 Å². The molecule has 0 bridgehead atoms. The van der Waals surface area contributed by atoms with E-state index in [4.69, 9.17) is 14.6 Å². The number of carboxylic acids is 1. The minimum Gasteiger partial charge on any atom is -0.478 e. The molecule has 0 aromatic heterocycles. The SMILES string of the molecule is CC(C)(C)OC(=O)CC(OC(=O)OC(C)(C)C)C(=O)O. The van der Waals surface area contributed by atoms with Gasteiger partial charge in [-0.2, -0.15) is 0 Å². The topological polar surface area (TPSA) is 99.1 Å². The lowest BCUT2D eigenvalue weighted by Gasteiger charge is -2.22. The molecule has 20 heavy (non-hydrogen) atoms. The van der Waals surface area contributed by atoms with Crippen LogP contribution in [0.3, 0.4) is 0 Å². The summed E-state index contributed by atoms with van der Waals surface area (Å²) in [5.41, 5.74) is -1.56. The molecule has 1 atom stereocenters. The van der Waals surface area contributed by atoms with Gasteiger partial charge in [0.25, 0.3) is 0 Å². The number of carboxylic acid groups (broad SMARTS) is 1. The minimum absolute atomic E-state index is 0.578. The summed E-state index contributed by atoms with van der Waals surface area (Å²) in [6.07, 6.45) is -3.36. The lowest BCUT2D eigenvalue weighted by atomic mass is 10.2. The van der Waals surface area contributed by atoms with E-state index in [1.54, 1.807) is 41.5 Å². The summed E-state index contributed by atoms with van der Waals surface area (Å²) >= 11 is 0. The zero-order valence-corrected chi connectivity index (χ0v) is 12.7. The number of esters is 1. The van der Waals surface area contributed by atoms with E-state index in [-0.39, 0.29) is 0 Å². The van der Waals surface area contributed by atoms with Crippen LogP contribution in [0.2, 0.25) is 0 Å². The lowest BCUT2D eigenvalue weighted by Crippen LogP contribution is -2.35. The van der Waals surface area contributed by atoms with Crippen LogP contribution < -0.4 is 0 Å². The monoisotopic (exact) mass is 290 g/mol. The van der Waals surface area contributed by atoms with Crippen molar-refractivity contribution in [2.75, 3.05) is 0 Å². The van der Waals surface area contributed by atoms with Gasteiger partial charge in [0.1, 0.15) is 11.2 Å². The molecule has 116 valence electrons. The fourth-order valence-corrected chi connectivity index (χ4v) is 1.10. The van der Waals surface area contributed by atoms with E-state index in [1.165, 1.54) is 0 Å². The smallest absolute Gasteiger partial charge is 0.478 e. The quantitative estimate of drug-likeness (QED) is 0.791. The Labute approximate surface area is 118 Å². The predicted molar refractivity (Wildman–Crippen MR) is 69.2 cm³/mol. The highest BCUT2D eigenvalue weighted by atomic mass is 16.7. The molecule has 0 aliphatic heterocycles. The molecule has 0 aromatic carbocycles. The van der Waals surface area contributed by atoms with Gasteiger partial charge in [-0.1, -0.05) is 0 Å². The van der Waals surface area contributed by atoms with Gasteiger partial charge >= 0.3 is 18.1 Å². The number of carbonyl (C=O) groups excluding carboxylic acids is 2. The van der Waals surface area contributed by atoms with Crippen LogP contribution in [0, 0.1) is 0 Å². The van der Waals surface area contributed by atoms with Crippen molar-refractivity contribution in [3.05, 3.63) is 0 Å². The number of rotatable bonds is 4. The molecule has 0 fully saturated rings. The predicted octanol–water partition coefficient (Wildman–Crippen LogP) is 2.12. The maximum atomic E-state index is 11.5. The number of carbonyl (C=O) groups is 3. The Hall–Kier alpha value is -1.79. The first-order chi connectivity index (χ1) is 8.80. The second-order valence-corrected chi connectivity index (χ2v) is 6.20. The lowest BCUT2D eigenvalue weighted by molar-refractivity contribution is -0.164. The van der Waals surface area contributed by atoms with Crippen LogP contribution in [0.5, 0.6) is 0 Å². The Morgan fingerprint density at radius 3 is 1.75 bits per heavy atom. The number of hydrogen-bond donors (Lipinski definition) is 1. The van der Waals surface area contributed by atoms with Crippen LogP contribution in [0.15, 0.2) is 0 Å². The van der Waals surface area contributed by atoms with Crippen LogP contribution in [-0.2, 0) is 23.8 Å². The molecular weight excluding hydrogens is 268 g/mol. The first-order valence-corrected chi connectivity index (χ1v) is 6.14. The van der Waals surface area contributed by atoms with Crippen LogP contribution in [-0.4, -0.2) is 40.5 Å². The van der Waals surface area contributed by atoms with E-state index in [9.17, 15) is 14.4 Å². The molecule has 0 spiro atoms. The highest BCUT2D eigenvalue weighted by Gasteiger charge is 2.30. The van der Waals surface area contributed by atoms with E-state index in [0.29, 0.717) is 0 Å². The van der Waals surface area contributed by atoms with Crippen molar-refractivity contribution >= 4 is 18.1 Å². The van der Waals surface area contributed by atoms with Crippen LogP contribution in [0.25, 0.3) is 0 Å². The summed E-state index contributed by atoms with van der Waals surface area (Å²) in [7, 11) is 0. The molecule has 1 N–H and O–H groups in total. The highest BCUT2D eigenvalue weighted by molar-refractivity contribution is 5.82. The summed E-state index contributed by atoms with van der Waals surface area (Å²) in [6, 6.07) is 0. The zero-order valence-electron chi connectivity index (χ0n) is 12.7. The van der Waals surface area contributed by atoms with Gasteiger partial charge in [-0.05, 0) is 41.5 Å². The van der Waals surface area contributed by atoms with E-state index in [2.05, 4.69) is 4.74 Å². The van der Waals surface area contributed by atoms with Gasteiger partial charge in [0.15, 0.2) is 0 Å². The van der Waals surface area contributed by atoms with Crippen LogP contribution in [0.4, 0.5) is 4.79 Å². The second kappa shape index (κ2) is 6.58. The molecule has 0 aliphatic rings. The normalized spacial score (nSPS) is 13.3. The summed E-state index contributed by atoms with van der Waals surface area (Å²) < 4.78 is 14.4. The van der Waals surface area contributed by atoms with Crippen LogP contribution >= 0.6 is 0 Å². The van der Waals surface area contributed by atoms with Gasteiger partial charge in [-0.15, -0.1) is 0 Å². The van der Waals surface area contributed by atoms with E-state index < -0.39 is 41.8 Å². The van der Waals surface area contributed by atoms with Gasteiger partial charge in [0.2, 0.25) is 6.10 Å². The molecule has 0 radical (unpaired) electrons. The summed E-state index contributed by atoms with van der Waals surface area (Å²) in [4.78, 5) is 33.9. The molecule has 0 rings (SSSR count). The molecule has 7 nitrogen and oxygen atoms in total. The van der Waals surface area contributed by atoms with Crippen molar-refractivity contribution in [1.29, 1.82) is 0 Å². The molecule has 0 aromatic rings. The molecule has 0 heterocycles. The third-order valence-electron chi connectivity index (χ3n) is 1.68. The van der Waals surface area contributed by atoms with Gasteiger partial charge in [-0.25, -0.2) is 9.59 Å². The summed E-state index contributed by atoms with van der Waals surface area (Å²) in [6.45, 7) is 9.77. The maximum absolute atomic E-state index is 11.5. The Kier molecular flexibility index (Phi) is 5.99. The zero-order chi connectivity index (χ0) is 16.1. The van der Waals surface area contributed by atoms with Crippen molar-refractivity contribution in [2.45, 2.75) is 65.3 Å². The standard InChI is InChI=1S/C13H22O7/c1-12(2,3)19-9(14)7-8(10(15)16)18-11(17)20-13(4,5)6/h8H,7H2,1-6H3,(H,15,16). The first-order valence-electron chi connectivity index (χ1n) is 6.14. The summed E-state index contributed by atoms with van der Waals surface area (Å²) in [5, 5.41) is 8.93. The number of aliphatic carboxylic acids is 1. The van der Waals surface area contributed by atoms with Gasteiger partial charge in [0, 0.05) is 0 Å². The average Bonchev–Trinajstić information content (AvgIpc) is 2.09. The molecule has 0 saturated carbocycles. The second-order valence-electron chi connectivity index (χ2n) is 6.20. The highest BCUT2D eigenvalue weighted by Crippen LogP contribution is 2.13. The van der Waals surface area contributed by atoms with E-state index in [1.807, 2.05) is 0 Å². The third-order valence-corrected chi connectivity index (χ3v) is 1.68. The van der Waals surface area contributed by atoms with Gasteiger partial charge in [0.05, 0.1) is 6.42 Å². The number of ether oxygens (including phenoxy) is 3. The average molecular weight is 290 g/mol. The molecule has 0 aliphatic carbocycles. The Morgan fingerprint density at radius 1 is 0.950 bits per heavy atom. The number of hydrogen-bond acceptors (Lipinski definition) is 6. The molecule has 1 unspecified atom stereocenters. The molecular formula is C13H22O7. The molecule has 0 saturated heterocycles. The van der Waals surface area contributed by atoms with Crippen molar-refractivity contribution in [2.24, 2.45) is 0 Å².